The van der Waals surface area contributed by atoms with Gasteiger partial charge in [-0.05, 0) is 12.1 Å². The summed E-state index contributed by atoms with van der Waals surface area (Å²) < 4.78 is 0. The lowest BCUT2D eigenvalue weighted by Crippen LogP contribution is -2.02. The normalized spacial score (nSPS) is 10.2. The number of para-hydroxylation sites is 3. The number of nitro benzene ring substituents is 1. The number of hydrogen-bond acceptors (Lipinski definition) is 4. The summed E-state index contributed by atoms with van der Waals surface area (Å²) in [6.07, 6.45) is 0. The molecule has 0 spiro atoms. The molecule has 0 fully saturated rings. The lowest BCUT2D eigenvalue weighted by molar-refractivity contribution is -0.384. The van der Waals surface area contributed by atoms with E-state index in [1.165, 1.54) is 6.07 Å². The van der Waals surface area contributed by atoms with E-state index in [1.54, 1.807) is 36.4 Å². The molecule has 0 saturated heterocycles. The van der Waals surface area contributed by atoms with Crippen LogP contribution in [0.15, 0.2) is 42.5 Å². The minimum absolute atomic E-state index is 0.0102. The summed E-state index contributed by atoms with van der Waals surface area (Å²) in [5.74, 6) is -0.0183. The van der Waals surface area contributed by atoms with E-state index >= 15 is 0 Å². The van der Waals surface area contributed by atoms with Gasteiger partial charge in [-0.3, -0.25) is 10.1 Å². The van der Waals surface area contributed by atoms with Crippen molar-refractivity contribution in [3.8, 4) is 5.75 Å². The maximum Gasteiger partial charge on any atom is 0.292 e. The SMILES string of the molecule is O=[N+]([O-])c1ccccc1NCc1cccc(Cl)c1O. The van der Waals surface area contributed by atoms with Crippen LogP contribution in [0.2, 0.25) is 5.02 Å². The van der Waals surface area contributed by atoms with Gasteiger partial charge >= 0.3 is 0 Å². The average molecular weight is 279 g/mol. The minimum atomic E-state index is -0.458. The predicted octanol–water partition coefficient (Wildman–Crippen LogP) is 3.57. The molecule has 0 heterocycles. The van der Waals surface area contributed by atoms with E-state index in [1.807, 2.05) is 0 Å². The van der Waals surface area contributed by atoms with Gasteiger partial charge in [0.25, 0.3) is 5.69 Å². The molecule has 0 saturated carbocycles. The van der Waals surface area contributed by atoms with Crippen molar-refractivity contribution in [2.45, 2.75) is 6.54 Å². The third kappa shape index (κ3) is 2.95. The molecule has 2 rings (SSSR count). The van der Waals surface area contributed by atoms with Gasteiger partial charge in [-0.2, -0.15) is 0 Å². The highest BCUT2D eigenvalue weighted by atomic mass is 35.5. The van der Waals surface area contributed by atoms with Crippen LogP contribution in [-0.4, -0.2) is 10.0 Å². The first-order valence-corrected chi connectivity index (χ1v) is 5.91. The van der Waals surface area contributed by atoms with Crippen LogP contribution in [0.4, 0.5) is 11.4 Å². The highest BCUT2D eigenvalue weighted by Crippen LogP contribution is 2.29. The summed E-state index contributed by atoms with van der Waals surface area (Å²) in [5, 5.41) is 23.8. The van der Waals surface area contributed by atoms with Gasteiger partial charge in [0.2, 0.25) is 0 Å². The zero-order valence-corrected chi connectivity index (χ0v) is 10.6. The van der Waals surface area contributed by atoms with Crippen molar-refractivity contribution < 1.29 is 10.0 Å². The van der Waals surface area contributed by atoms with Crippen LogP contribution in [0.3, 0.4) is 0 Å². The lowest BCUT2D eigenvalue weighted by atomic mass is 10.2. The van der Waals surface area contributed by atoms with E-state index in [-0.39, 0.29) is 23.0 Å². The summed E-state index contributed by atoms with van der Waals surface area (Å²) in [6.45, 7) is 0.247. The number of phenols is 1. The molecule has 0 unspecified atom stereocenters. The van der Waals surface area contributed by atoms with Gasteiger partial charge in [-0.25, -0.2) is 0 Å². The first-order chi connectivity index (χ1) is 9.09. The fourth-order valence-electron chi connectivity index (χ4n) is 1.68. The van der Waals surface area contributed by atoms with Crippen LogP contribution >= 0.6 is 11.6 Å². The number of benzene rings is 2. The maximum atomic E-state index is 10.8. The first kappa shape index (κ1) is 13.2. The van der Waals surface area contributed by atoms with Crippen LogP contribution in [0.25, 0.3) is 0 Å². The van der Waals surface area contributed by atoms with Gasteiger partial charge in [0, 0.05) is 18.2 Å². The Morgan fingerprint density at radius 3 is 2.68 bits per heavy atom. The number of nitrogens with one attached hydrogen (secondary N) is 1. The number of hydrogen-bond donors (Lipinski definition) is 2. The Kier molecular flexibility index (Phi) is 3.87. The molecule has 2 aromatic rings. The van der Waals surface area contributed by atoms with E-state index in [9.17, 15) is 15.2 Å². The Hall–Kier alpha value is -2.27. The zero-order chi connectivity index (χ0) is 13.8. The molecular formula is C13H11ClN2O3. The number of aromatic hydroxyl groups is 1. The fraction of sp³-hybridized carbons (Fsp3) is 0.0769. The van der Waals surface area contributed by atoms with E-state index in [2.05, 4.69) is 5.32 Å². The summed E-state index contributed by atoms with van der Waals surface area (Å²) in [6, 6.07) is 11.3. The second-order valence-electron chi connectivity index (χ2n) is 3.88. The lowest BCUT2D eigenvalue weighted by Gasteiger charge is -2.09. The summed E-state index contributed by atoms with van der Waals surface area (Å²) in [5.41, 5.74) is 0.960. The number of phenolic OH excluding ortho intramolecular Hbond substituents is 1. The van der Waals surface area contributed by atoms with Crippen molar-refractivity contribution in [2.24, 2.45) is 0 Å². The number of nitrogens with zero attached hydrogens (tertiary/aromatic N) is 1. The molecule has 0 aromatic heterocycles. The van der Waals surface area contributed by atoms with Crippen molar-refractivity contribution in [1.82, 2.24) is 0 Å². The zero-order valence-electron chi connectivity index (χ0n) is 9.84. The molecular weight excluding hydrogens is 268 g/mol. The Morgan fingerprint density at radius 1 is 1.21 bits per heavy atom. The van der Waals surface area contributed by atoms with Crippen LogP contribution in [0, 0.1) is 10.1 Å². The molecule has 0 bridgehead atoms. The third-order valence-electron chi connectivity index (χ3n) is 2.64. The highest BCUT2D eigenvalue weighted by molar-refractivity contribution is 6.32. The predicted molar refractivity (Wildman–Crippen MR) is 73.5 cm³/mol. The first-order valence-electron chi connectivity index (χ1n) is 5.53. The van der Waals surface area contributed by atoms with E-state index in [4.69, 9.17) is 11.6 Å². The molecule has 19 heavy (non-hydrogen) atoms. The van der Waals surface area contributed by atoms with Crippen molar-refractivity contribution in [3.63, 3.8) is 0 Å². The maximum absolute atomic E-state index is 10.8. The van der Waals surface area contributed by atoms with Gasteiger partial charge < -0.3 is 10.4 Å². The Bertz CT molecular complexity index is 617. The molecule has 0 aliphatic rings. The Morgan fingerprint density at radius 2 is 1.95 bits per heavy atom. The smallest absolute Gasteiger partial charge is 0.292 e. The molecule has 6 heteroatoms. The second kappa shape index (κ2) is 5.58. The molecule has 2 N–H and O–H groups in total. The Balaban J connectivity index is 2.19. The van der Waals surface area contributed by atoms with Crippen molar-refractivity contribution in [2.75, 3.05) is 5.32 Å². The van der Waals surface area contributed by atoms with Gasteiger partial charge in [-0.1, -0.05) is 35.9 Å². The molecule has 5 nitrogen and oxygen atoms in total. The van der Waals surface area contributed by atoms with Gasteiger partial charge in [0.1, 0.15) is 11.4 Å². The number of halogens is 1. The number of anilines is 1. The van der Waals surface area contributed by atoms with Crippen molar-refractivity contribution in [1.29, 1.82) is 0 Å². The van der Waals surface area contributed by atoms with Gasteiger partial charge in [0.15, 0.2) is 0 Å². The summed E-state index contributed by atoms with van der Waals surface area (Å²) in [7, 11) is 0. The van der Waals surface area contributed by atoms with Crippen molar-refractivity contribution in [3.05, 3.63) is 63.2 Å². The average Bonchev–Trinajstić information content (AvgIpc) is 2.40. The van der Waals surface area contributed by atoms with E-state index in [0.717, 1.165) is 0 Å². The summed E-state index contributed by atoms with van der Waals surface area (Å²) >= 11 is 5.79. The molecule has 2 aromatic carbocycles. The van der Waals surface area contributed by atoms with Gasteiger partial charge in [0.05, 0.1) is 9.95 Å². The number of rotatable bonds is 4. The monoisotopic (exact) mass is 278 g/mol. The van der Waals surface area contributed by atoms with E-state index in [0.29, 0.717) is 11.3 Å². The van der Waals surface area contributed by atoms with Crippen LogP contribution in [0.1, 0.15) is 5.56 Å². The second-order valence-corrected chi connectivity index (χ2v) is 4.28. The topological polar surface area (TPSA) is 75.4 Å². The molecule has 0 atom stereocenters. The molecule has 0 radical (unpaired) electrons. The molecule has 98 valence electrons. The Labute approximate surface area is 114 Å². The molecule has 0 amide bonds. The van der Waals surface area contributed by atoms with Crippen molar-refractivity contribution >= 4 is 23.0 Å². The molecule has 0 aliphatic heterocycles. The van der Waals surface area contributed by atoms with Crippen LogP contribution in [0.5, 0.6) is 5.75 Å². The fourth-order valence-corrected chi connectivity index (χ4v) is 1.87. The quantitative estimate of drug-likeness (QED) is 0.662. The number of nitro groups is 1. The van der Waals surface area contributed by atoms with Gasteiger partial charge in [-0.15, -0.1) is 0 Å². The van der Waals surface area contributed by atoms with Crippen LogP contribution < -0.4 is 5.32 Å². The highest BCUT2D eigenvalue weighted by Gasteiger charge is 2.12. The largest absolute Gasteiger partial charge is 0.506 e. The third-order valence-corrected chi connectivity index (χ3v) is 2.95. The minimum Gasteiger partial charge on any atom is -0.506 e. The summed E-state index contributed by atoms with van der Waals surface area (Å²) in [4.78, 5) is 10.4. The van der Waals surface area contributed by atoms with Crippen LogP contribution in [-0.2, 0) is 6.54 Å². The standard InChI is InChI=1S/C13H11ClN2O3/c14-10-5-3-4-9(13(10)17)8-15-11-6-1-2-7-12(11)16(18)19/h1-7,15,17H,8H2. The molecule has 0 aliphatic carbocycles. The van der Waals surface area contributed by atoms with E-state index < -0.39 is 4.92 Å².